The second-order valence-electron chi connectivity index (χ2n) is 5.90. The van der Waals surface area contributed by atoms with Crippen molar-refractivity contribution in [1.29, 1.82) is 0 Å². The Morgan fingerprint density at radius 2 is 1.96 bits per heavy atom. The summed E-state index contributed by atoms with van der Waals surface area (Å²) in [6.07, 6.45) is 0. The van der Waals surface area contributed by atoms with Crippen LogP contribution < -0.4 is 0 Å². The Labute approximate surface area is 170 Å². The van der Waals surface area contributed by atoms with Gasteiger partial charge in [-0.2, -0.15) is 4.98 Å². The van der Waals surface area contributed by atoms with Gasteiger partial charge in [0.2, 0.25) is 5.82 Å². The molecule has 0 N–H and O–H groups in total. The Hall–Kier alpha value is -2.58. The predicted octanol–water partition coefficient (Wildman–Crippen LogP) is 4.43. The monoisotopic (exact) mass is 411 g/mol. The molecule has 1 aromatic heterocycles. The summed E-state index contributed by atoms with van der Waals surface area (Å²) in [6.45, 7) is 0.800. The smallest absolute Gasteiger partial charge is 0.338 e. The number of aliphatic imine (C=N–C) groups is 1. The molecule has 1 aliphatic heterocycles. The van der Waals surface area contributed by atoms with Crippen molar-refractivity contribution >= 4 is 33.9 Å². The second-order valence-corrected chi connectivity index (χ2v) is 8.20. The van der Waals surface area contributed by atoms with E-state index in [2.05, 4.69) is 15.1 Å². The van der Waals surface area contributed by atoms with E-state index in [1.165, 1.54) is 0 Å². The Morgan fingerprint density at radius 3 is 2.79 bits per heavy atom. The molecule has 0 saturated heterocycles. The Morgan fingerprint density at radius 1 is 1.14 bits per heavy atom. The Kier molecular flexibility index (Phi) is 6.08. The van der Waals surface area contributed by atoms with Crippen LogP contribution in [0.5, 0.6) is 0 Å². The summed E-state index contributed by atoms with van der Waals surface area (Å²) in [6, 6.07) is 16.9. The first kappa shape index (κ1) is 18.8. The third-order valence-electron chi connectivity index (χ3n) is 3.97. The molecule has 4 rings (SSSR count). The maximum absolute atomic E-state index is 12.6. The van der Waals surface area contributed by atoms with Crippen LogP contribution in [-0.4, -0.2) is 32.8 Å². The van der Waals surface area contributed by atoms with Crippen molar-refractivity contribution in [1.82, 2.24) is 10.1 Å². The van der Waals surface area contributed by atoms with Crippen molar-refractivity contribution in [2.75, 3.05) is 12.3 Å². The lowest BCUT2D eigenvalue weighted by atomic mass is 10.1. The second kappa shape index (κ2) is 9.07. The third-order valence-corrected chi connectivity index (χ3v) is 6.27. The first-order valence-electron chi connectivity index (χ1n) is 8.73. The zero-order chi connectivity index (χ0) is 19.2. The van der Waals surface area contributed by atoms with E-state index in [9.17, 15) is 4.79 Å². The average Bonchev–Trinajstić information content (AvgIpc) is 3.43. The highest BCUT2D eigenvalue weighted by Gasteiger charge is 2.16. The maximum atomic E-state index is 12.6. The summed E-state index contributed by atoms with van der Waals surface area (Å²) in [7, 11) is 0. The van der Waals surface area contributed by atoms with E-state index in [0.717, 1.165) is 27.8 Å². The molecular weight excluding hydrogens is 394 g/mol. The van der Waals surface area contributed by atoms with E-state index in [1.807, 2.05) is 48.5 Å². The molecule has 0 radical (unpaired) electrons. The Balaban J connectivity index is 1.38. The predicted molar refractivity (Wildman–Crippen MR) is 111 cm³/mol. The van der Waals surface area contributed by atoms with Crippen molar-refractivity contribution in [2.45, 2.75) is 12.4 Å². The van der Waals surface area contributed by atoms with Gasteiger partial charge in [0.15, 0.2) is 6.61 Å². The lowest BCUT2D eigenvalue weighted by molar-refractivity contribution is 0.0429. The van der Waals surface area contributed by atoms with E-state index >= 15 is 0 Å². The molecular formula is C20H17N3O3S2. The molecule has 0 aliphatic carbocycles. The number of nitrogens with zero attached hydrogens (tertiary/aromatic N) is 3. The van der Waals surface area contributed by atoms with Gasteiger partial charge in [-0.25, -0.2) is 4.79 Å². The number of thioether (sulfide) groups is 2. The summed E-state index contributed by atoms with van der Waals surface area (Å²) in [5.74, 6) is 2.03. The summed E-state index contributed by atoms with van der Waals surface area (Å²) in [4.78, 5) is 21.3. The van der Waals surface area contributed by atoms with Gasteiger partial charge in [0.1, 0.15) is 4.38 Å². The van der Waals surface area contributed by atoms with E-state index in [0.29, 0.717) is 17.1 Å². The van der Waals surface area contributed by atoms with Gasteiger partial charge in [-0.15, -0.1) is 0 Å². The van der Waals surface area contributed by atoms with Gasteiger partial charge in [-0.3, -0.25) is 4.99 Å². The summed E-state index contributed by atoms with van der Waals surface area (Å²) in [5.41, 5.74) is 2.31. The number of rotatable bonds is 6. The van der Waals surface area contributed by atoms with Gasteiger partial charge < -0.3 is 9.26 Å². The van der Waals surface area contributed by atoms with E-state index < -0.39 is 5.97 Å². The third kappa shape index (κ3) is 4.63. The highest BCUT2D eigenvalue weighted by molar-refractivity contribution is 8.38. The van der Waals surface area contributed by atoms with Crippen LogP contribution in [0.1, 0.15) is 21.8 Å². The minimum Gasteiger partial charge on any atom is -0.452 e. The number of carbonyl (C=O) groups excluding carboxylic acids is 1. The average molecular weight is 412 g/mol. The van der Waals surface area contributed by atoms with Gasteiger partial charge in [-0.05, 0) is 11.6 Å². The van der Waals surface area contributed by atoms with Gasteiger partial charge in [0, 0.05) is 17.1 Å². The van der Waals surface area contributed by atoms with Crippen LogP contribution in [0.25, 0.3) is 11.4 Å². The molecule has 0 fully saturated rings. The van der Waals surface area contributed by atoms with Crippen LogP contribution in [0.3, 0.4) is 0 Å². The number of esters is 1. The van der Waals surface area contributed by atoms with E-state index in [1.54, 1.807) is 29.6 Å². The van der Waals surface area contributed by atoms with Crippen molar-refractivity contribution in [3.8, 4) is 11.4 Å². The molecule has 142 valence electrons. The summed E-state index contributed by atoms with van der Waals surface area (Å²) in [5, 5.41) is 3.93. The standard InChI is InChI=1S/C20H17N3O3S2/c24-19(16-9-5-4-8-15(16)13-28-20-21-10-11-27-20)25-12-17-22-18(23-26-17)14-6-2-1-3-7-14/h1-9H,10-13H2. The molecule has 0 amide bonds. The zero-order valence-electron chi connectivity index (χ0n) is 14.9. The quantitative estimate of drug-likeness (QED) is 0.555. The molecule has 6 nitrogen and oxygen atoms in total. The van der Waals surface area contributed by atoms with Crippen LogP contribution in [-0.2, 0) is 17.1 Å². The fraction of sp³-hybridized carbons (Fsp3) is 0.200. The largest absolute Gasteiger partial charge is 0.452 e. The SMILES string of the molecule is O=C(OCc1nc(-c2ccccc2)no1)c1ccccc1CSC1=NCCS1. The van der Waals surface area contributed by atoms with Crippen LogP contribution in [0.2, 0.25) is 0 Å². The molecule has 0 bridgehead atoms. The van der Waals surface area contributed by atoms with Gasteiger partial charge >= 0.3 is 5.97 Å². The van der Waals surface area contributed by atoms with Gasteiger partial charge in [0.25, 0.3) is 5.89 Å². The molecule has 8 heteroatoms. The van der Waals surface area contributed by atoms with Crippen molar-refractivity contribution in [2.24, 2.45) is 4.99 Å². The van der Waals surface area contributed by atoms with Gasteiger partial charge in [0.05, 0.1) is 12.1 Å². The number of benzene rings is 2. The van der Waals surface area contributed by atoms with Crippen LogP contribution >= 0.6 is 23.5 Å². The number of carbonyl (C=O) groups is 1. The fourth-order valence-corrected chi connectivity index (χ4v) is 4.62. The molecule has 2 aromatic carbocycles. The molecule has 3 aromatic rings. The van der Waals surface area contributed by atoms with Crippen molar-refractivity contribution in [3.63, 3.8) is 0 Å². The molecule has 1 aliphatic rings. The first-order valence-corrected chi connectivity index (χ1v) is 10.7. The minimum atomic E-state index is -0.406. The number of hydrogen-bond donors (Lipinski definition) is 0. The van der Waals surface area contributed by atoms with Crippen LogP contribution in [0.4, 0.5) is 0 Å². The van der Waals surface area contributed by atoms with Crippen LogP contribution in [0.15, 0.2) is 64.1 Å². The maximum Gasteiger partial charge on any atom is 0.338 e. The number of ether oxygens (including phenoxy) is 1. The fourth-order valence-electron chi connectivity index (χ4n) is 2.61. The number of hydrogen-bond acceptors (Lipinski definition) is 8. The highest BCUT2D eigenvalue weighted by Crippen LogP contribution is 2.26. The summed E-state index contributed by atoms with van der Waals surface area (Å²) < 4.78 is 11.7. The molecule has 28 heavy (non-hydrogen) atoms. The topological polar surface area (TPSA) is 77.6 Å². The Bertz CT molecular complexity index is 989. The normalized spacial score (nSPS) is 13.4. The van der Waals surface area contributed by atoms with Crippen LogP contribution in [0, 0.1) is 0 Å². The lowest BCUT2D eigenvalue weighted by Crippen LogP contribution is -2.08. The molecule has 0 saturated carbocycles. The van der Waals surface area contributed by atoms with E-state index in [-0.39, 0.29) is 12.5 Å². The van der Waals surface area contributed by atoms with Crippen molar-refractivity contribution < 1.29 is 14.1 Å². The molecule has 0 spiro atoms. The first-order chi connectivity index (χ1) is 13.8. The minimum absolute atomic E-state index is 0.0668. The summed E-state index contributed by atoms with van der Waals surface area (Å²) >= 11 is 3.40. The highest BCUT2D eigenvalue weighted by atomic mass is 32.2. The van der Waals surface area contributed by atoms with Gasteiger partial charge in [-0.1, -0.05) is 77.2 Å². The number of aromatic nitrogens is 2. The molecule has 0 atom stereocenters. The molecule has 0 unspecified atom stereocenters. The van der Waals surface area contributed by atoms with E-state index in [4.69, 9.17) is 9.26 Å². The van der Waals surface area contributed by atoms with Crippen molar-refractivity contribution in [3.05, 3.63) is 71.6 Å². The molecule has 2 heterocycles. The lowest BCUT2D eigenvalue weighted by Gasteiger charge is -2.08. The zero-order valence-corrected chi connectivity index (χ0v) is 16.5.